The first-order valence-electron chi connectivity index (χ1n) is 8.24. The summed E-state index contributed by atoms with van der Waals surface area (Å²) in [5.41, 5.74) is 43.1. The highest BCUT2D eigenvalue weighted by atomic mass is 16.4. The van der Waals surface area contributed by atoms with E-state index in [1.165, 1.54) is 0 Å². The van der Waals surface area contributed by atoms with Crippen molar-refractivity contribution in [2.75, 3.05) is 0 Å². The van der Waals surface area contributed by atoms with Crippen LogP contribution in [0.3, 0.4) is 0 Å². The first kappa shape index (κ1) is 52.0. The number of nitrogens with two attached hydrogens (primary N) is 9. The molecule has 0 saturated carbocycles. The van der Waals surface area contributed by atoms with Gasteiger partial charge in [-0.2, -0.15) is 0 Å². The van der Waals surface area contributed by atoms with Crippen LogP contribution < -0.4 is 51.6 Å². The van der Waals surface area contributed by atoms with Crippen LogP contribution in [0, 0.1) is 0 Å². The van der Waals surface area contributed by atoms with Crippen molar-refractivity contribution in [3.8, 4) is 0 Å². The lowest BCUT2D eigenvalue weighted by Crippen LogP contribution is -2.09. The lowest BCUT2D eigenvalue weighted by molar-refractivity contribution is -0.135. The molecule has 0 fully saturated rings. The van der Waals surface area contributed by atoms with Crippen LogP contribution in [-0.4, -0.2) is 55.4 Å². The topological polar surface area (TPSA) is 421 Å². The Morgan fingerprint density at radius 2 is 0.429 bits per heavy atom. The van der Waals surface area contributed by atoms with Crippen LogP contribution in [0.4, 0.5) is 0 Å². The highest BCUT2D eigenvalue weighted by molar-refractivity contribution is 5.63. The summed E-state index contributed by atoms with van der Waals surface area (Å²) >= 11 is 0. The molecule has 23 N–H and O–H groups in total. The Balaban J connectivity index is -0.0000000398. The van der Waals surface area contributed by atoms with Gasteiger partial charge in [-0.25, -0.2) is 0 Å². The highest BCUT2D eigenvalue weighted by Crippen LogP contribution is 1.50. The fourth-order valence-electron chi connectivity index (χ4n) is 0. The van der Waals surface area contributed by atoms with Crippen LogP contribution in [0.2, 0.25) is 0 Å². The van der Waals surface area contributed by atoms with Crippen molar-refractivity contribution < 1.29 is 49.5 Å². The minimum absolute atomic E-state index is 0.157. The van der Waals surface area contributed by atoms with Crippen molar-refractivity contribution in [3.05, 3.63) is 36.1 Å². The first-order chi connectivity index (χ1) is 15.5. The third-order valence-electron chi connectivity index (χ3n) is 0.577. The Morgan fingerprint density at radius 3 is 0.429 bits per heavy atom. The van der Waals surface area contributed by atoms with Gasteiger partial charge in [0.25, 0.3) is 29.8 Å². The fourth-order valence-corrected chi connectivity index (χ4v) is 0. The van der Waals surface area contributed by atoms with Gasteiger partial charge in [0.15, 0.2) is 0 Å². The van der Waals surface area contributed by atoms with E-state index >= 15 is 0 Å². The summed E-state index contributed by atoms with van der Waals surface area (Å²) in [6.07, 6.45) is 3.42. The second kappa shape index (κ2) is 46.8. The minimum atomic E-state index is -0.833. The molecular weight excluding hydrogens is 478 g/mol. The Kier molecular flexibility index (Phi) is 69.5. The van der Waals surface area contributed by atoms with Crippen molar-refractivity contribution in [1.82, 2.24) is 0 Å². The van der Waals surface area contributed by atoms with Gasteiger partial charge in [-0.05, 0) is 0 Å². The molecule has 210 valence electrons. The van der Waals surface area contributed by atoms with Gasteiger partial charge in [0.1, 0.15) is 17.5 Å². The lowest BCUT2D eigenvalue weighted by Gasteiger charge is -1.78. The molecule has 19 nitrogen and oxygen atoms in total. The van der Waals surface area contributed by atoms with Crippen LogP contribution in [0.5, 0.6) is 0 Å². The second-order valence-corrected chi connectivity index (χ2v) is 4.60. The third kappa shape index (κ3) is 34800. The minimum Gasteiger partial charge on any atom is -0.481 e. The van der Waals surface area contributed by atoms with E-state index in [9.17, 15) is 0 Å². The number of carbonyl (C=O) groups is 5. The molecule has 0 bridgehead atoms. The van der Waals surface area contributed by atoms with Gasteiger partial charge < -0.3 is 77.1 Å². The van der Waals surface area contributed by atoms with E-state index in [1.807, 2.05) is 0 Å². The van der Waals surface area contributed by atoms with Gasteiger partial charge in [-0.15, -0.1) is 0 Å². The zero-order valence-corrected chi connectivity index (χ0v) is 20.2. The normalized spacial score (nSPS) is 6.31. The lowest BCUT2D eigenvalue weighted by atomic mass is 10.8. The van der Waals surface area contributed by atoms with Crippen molar-refractivity contribution in [2.45, 2.75) is 34.6 Å². The molecule has 35 heavy (non-hydrogen) atoms. The maximum Gasteiger partial charge on any atom is 0.300 e. The molecular formula is C16H41N9O10. The van der Waals surface area contributed by atoms with Gasteiger partial charge >= 0.3 is 0 Å². The molecule has 0 rings (SSSR count). The number of rotatable bonds is 0. The maximum atomic E-state index is 9.00. The van der Waals surface area contributed by atoms with Crippen LogP contribution in [0.1, 0.15) is 34.6 Å². The van der Waals surface area contributed by atoms with Crippen molar-refractivity contribution >= 4 is 29.8 Å². The van der Waals surface area contributed by atoms with E-state index in [1.54, 1.807) is 0 Å². The maximum absolute atomic E-state index is 9.00. The van der Waals surface area contributed by atoms with Gasteiger partial charge in [0.2, 0.25) is 0 Å². The molecule has 0 aromatic heterocycles. The summed E-state index contributed by atoms with van der Waals surface area (Å²) < 4.78 is 0. The third-order valence-corrected chi connectivity index (χ3v) is 0.577. The molecule has 0 aliphatic rings. The van der Waals surface area contributed by atoms with Crippen LogP contribution in [0.25, 0.3) is 0 Å². The highest BCUT2D eigenvalue weighted by Gasteiger charge is 1.67. The Labute approximate surface area is 202 Å². The molecule has 0 saturated heterocycles. The number of carboxylic acid groups (broad SMARTS) is 5. The molecule has 19 heteroatoms. The summed E-state index contributed by atoms with van der Waals surface area (Å²) in [5, 5.41) is 37.1. The van der Waals surface area contributed by atoms with E-state index < -0.39 is 29.8 Å². The SMILES string of the molecule is CC(=O)O.CC(=O)O.CC(=O)O.CC(=O)O.CC(=O)O.NC=C(N)N.NC=C(N)N.NC=C(N)N. The van der Waals surface area contributed by atoms with Gasteiger partial charge in [0, 0.05) is 53.2 Å². The van der Waals surface area contributed by atoms with Gasteiger partial charge in [0.05, 0.1) is 0 Å². The van der Waals surface area contributed by atoms with E-state index in [4.69, 9.17) is 101 Å². The number of hydrogen-bond donors (Lipinski definition) is 14. The smallest absolute Gasteiger partial charge is 0.300 e. The summed E-state index contributed by atoms with van der Waals surface area (Å²) in [6, 6.07) is 0. The van der Waals surface area contributed by atoms with Crippen molar-refractivity contribution in [2.24, 2.45) is 51.6 Å². The number of aliphatic carboxylic acids is 5. The van der Waals surface area contributed by atoms with Gasteiger partial charge in [-0.3, -0.25) is 24.0 Å². The van der Waals surface area contributed by atoms with E-state index in [0.29, 0.717) is 0 Å². The molecule has 0 atom stereocenters. The molecule has 0 aliphatic carbocycles. The molecule has 0 aromatic carbocycles. The molecule has 0 spiro atoms. The first-order valence-corrected chi connectivity index (χ1v) is 8.24. The average Bonchev–Trinajstić information content (AvgIpc) is 2.60. The summed E-state index contributed by atoms with van der Waals surface area (Å²) in [4.78, 5) is 45.0. The molecule has 0 heterocycles. The quantitative estimate of drug-likeness (QED) is 0.147. The van der Waals surface area contributed by atoms with Crippen LogP contribution in [-0.2, 0) is 24.0 Å². The van der Waals surface area contributed by atoms with Gasteiger partial charge in [-0.1, -0.05) is 0 Å². The van der Waals surface area contributed by atoms with E-state index in [0.717, 1.165) is 53.2 Å². The van der Waals surface area contributed by atoms with Crippen molar-refractivity contribution in [3.63, 3.8) is 0 Å². The number of carboxylic acids is 5. The van der Waals surface area contributed by atoms with Crippen LogP contribution in [0.15, 0.2) is 36.1 Å². The monoisotopic (exact) mass is 519 g/mol. The largest absolute Gasteiger partial charge is 0.481 e. The predicted octanol–water partition coefficient (Wildman–Crippen LogP) is -3.56. The summed E-state index contributed by atoms with van der Waals surface area (Å²) in [6.45, 7) is 5.42. The second-order valence-electron chi connectivity index (χ2n) is 4.60. The molecule has 0 aromatic rings. The standard InChI is InChI=1S/3C2H7N3.5C2H4O2/c3*3-1-2(4)5;5*1-2(3)4/h3*1H,3-5H2;5*1H3,(H,3,4). The molecule has 0 aliphatic heterocycles. The summed E-state index contributed by atoms with van der Waals surface area (Å²) in [7, 11) is 0. The van der Waals surface area contributed by atoms with Crippen molar-refractivity contribution in [1.29, 1.82) is 0 Å². The Morgan fingerprint density at radius 1 is 0.400 bits per heavy atom. The molecule has 0 radical (unpaired) electrons. The molecule has 0 unspecified atom stereocenters. The van der Waals surface area contributed by atoms with E-state index in [-0.39, 0.29) is 17.5 Å². The molecule has 0 amide bonds. The van der Waals surface area contributed by atoms with E-state index in [2.05, 4.69) is 0 Å². The van der Waals surface area contributed by atoms with Crippen LogP contribution >= 0.6 is 0 Å². The summed E-state index contributed by atoms with van der Waals surface area (Å²) in [5.74, 6) is -3.69. The fraction of sp³-hybridized carbons (Fsp3) is 0.312. The Hall–Kier alpha value is -5.23. The zero-order chi connectivity index (χ0) is 30.7. The Bertz CT molecular complexity index is 498. The zero-order valence-electron chi connectivity index (χ0n) is 20.2. The average molecular weight is 520 g/mol. The number of hydrogen-bond acceptors (Lipinski definition) is 14. The predicted molar refractivity (Wildman–Crippen MR) is 128 cm³/mol.